The number of aliphatic hydroxyl groups is 1. The molecule has 0 fully saturated rings. The summed E-state index contributed by atoms with van der Waals surface area (Å²) in [7, 11) is 0. The molecule has 0 aliphatic carbocycles. The Balaban J connectivity index is 2.64. The molecule has 0 saturated heterocycles. The maximum atomic E-state index is 11.5. The van der Waals surface area contributed by atoms with Crippen LogP contribution in [0.1, 0.15) is 13.8 Å². The van der Waals surface area contributed by atoms with Crippen molar-refractivity contribution in [3.05, 3.63) is 25.1 Å². The predicted octanol–water partition coefficient (Wildman–Crippen LogP) is 2.86. The highest BCUT2D eigenvalue weighted by molar-refractivity contribution is 9.13. The van der Waals surface area contributed by atoms with Crippen molar-refractivity contribution in [1.82, 2.24) is 9.55 Å². The van der Waals surface area contributed by atoms with E-state index in [1.807, 2.05) is 18.4 Å². The predicted molar refractivity (Wildman–Crippen MR) is 100 cm³/mol. The van der Waals surface area contributed by atoms with Gasteiger partial charge in [0.1, 0.15) is 4.47 Å². The van der Waals surface area contributed by atoms with Gasteiger partial charge in [-0.15, -0.1) is 0 Å². The lowest BCUT2D eigenvalue weighted by Gasteiger charge is -2.14. The summed E-state index contributed by atoms with van der Waals surface area (Å²) in [5, 5.41) is 24.2. The zero-order chi connectivity index (χ0) is 18.0. The fourth-order valence-electron chi connectivity index (χ4n) is 2.33. The molecule has 1 unspecified atom stereocenters. The number of nitro groups is 1. The number of nitrogens with one attached hydrogen (secondary N) is 1. The molecule has 2 aromatic rings. The van der Waals surface area contributed by atoms with Crippen molar-refractivity contribution in [2.45, 2.75) is 26.5 Å². The Morgan fingerprint density at radius 2 is 2.17 bits per heavy atom. The molecule has 132 valence electrons. The first kappa shape index (κ1) is 19.1. The number of imidazole rings is 1. The number of benzene rings is 1. The minimum Gasteiger partial charge on any atom is -0.390 e. The summed E-state index contributed by atoms with van der Waals surface area (Å²) in [6.45, 7) is 5.06. The van der Waals surface area contributed by atoms with Crippen LogP contribution in [0.4, 0.5) is 11.6 Å². The van der Waals surface area contributed by atoms with E-state index in [4.69, 9.17) is 5.73 Å². The molecule has 24 heavy (non-hydrogen) atoms. The van der Waals surface area contributed by atoms with E-state index in [2.05, 4.69) is 42.2 Å². The lowest BCUT2D eigenvalue weighted by molar-refractivity contribution is -0.384. The van der Waals surface area contributed by atoms with E-state index >= 15 is 0 Å². The largest absolute Gasteiger partial charge is 0.390 e. The van der Waals surface area contributed by atoms with Crippen LogP contribution in [0.15, 0.2) is 15.0 Å². The molecular weight excluding hydrogens is 446 g/mol. The third kappa shape index (κ3) is 3.88. The molecule has 1 heterocycles. The lowest BCUT2D eigenvalue weighted by atomic mass is 10.2. The Morgan fingerprint density at radius 1 is 1.50 bits per heavy atom. The molecule has 0 bridgehead atoms. The van der Waals surface area contributed by atoms with Crippen LogP contribution in [0.5, 0.6) is 0 Å². The van der Waals surface area contributed by atoms with E-state index in [0.29, 0.717) is 38.4 Å². The summed E-state index contributed by atoms with van der Waals surface area (Å²) in [5.74, 6) is 0.781. The lowest BCUT2D eigenvalue weighted by Crippen LogP contribution is -2.28. The second-order valence-corrected chi connectivity index (χ2v) is 7.50. The first-order chi connectivity index (χ1) is 11.3. The first-order valence-electron chi connectivity index (χ1n) is 7.40. The summed E-state index contributed by atoms with van der Waals surface area (Å²) < 4.78 is 2.82. The monoisotopic (exact) mass is 463 g/mol. The third-order valence-electron chi connectivity index (χ3n) is 3.41. The summed E-state index contributed by atoms with van der Waals surface area (Å²) in [6.07, 6.45) is -0.717. The van der Waals surface area contributed by atoms with Gasteiger partial charge in [-0.25, -0.2) is 4.98 Å². The molecule has 0 amide bonds. The summed E-state index contributed by atoms with van der Waals surface area (Å²) in [6, 6.07) is 1.80. The first-order valence-corrected chi connectivity index (χ1v) is 8.99. The van der Waals surface area contributed by atoms with Gasteiger partial charge >= 0.3 is 5.69 Å². The zero-order valence-electron chi connectivity index (χ0n) is 13.3. The van der Waals surface area contributed by atoms with Crippen molar-refractivity contribution >= 4 is 54.5 Å². The summed E-state index contributed by atoms with van der Waals surface area (Å²) >= 11 is 6.59. The normalized spacial score (nSPS) is 12.8. The van der Waals surface area contributed by atoms with Crippen molar-refractivity contribution < 1.29 is 10.0 Å². The maximum absolute atomic E-state index is 11.5. The van der Waals surface area contributed by atoms with Crippen LogP contribution in [0, 0.1) is 16.0 Å². The number of rotatable bonds is 7. The molecule has 2 rings (SSSR count). The van der Waals surface area contributed by atoms with Gasteiger partial charge in [0.15, 0.2) is 5.52 Å². The maximum Gasteiger partial charge on any atom is 0.312 e. The second-order valence-electron chi connectivity index (χ2n) is 5.86. The minimum atomic E-state index is -0.717. The number of hydrogen-bond donors (Lipinski definition) is 3. The van der Waals surface area contributed by atoms with Crippen LogP contribution in [0.25, 0.3) is 11.0 Å². The van der Waals surface area contributed by atoms with E-state index < -0.39 is 11.0 Å². The SMILES string of the molecule is CC(C)Cn1c(NCC(O)CN)nc2c([N+](=O)[O-])c(Br)c(Br)cc21. The van der Waals surface area contributed by atoms with Crippen LogP contribution >= 0.6 is 31.9 Å². The molecule has 0 saturated carbocycles. The molecule has 1 atom stereocenters. The molecule has 0 aliphatic heterocycles. The van der Waals surface area contributed by atoms with Crippen molar-refractivity contribution in [1.29, 1.82) is 0 Å². The number of nitrogens with zero attached hydrogens (tertiary/aromatic N) is 3. The molecule has 1 aromatic carbocycles. The number of aromatic nitrogens is 2. The highest BCUT2D eigenvalue weighted by Crippen LogP contribution is 2.40. The molecule has 0 radical (unpaired) electrons. The fraction of sp³-hybridized carbons (Fsp3) is 0.500. The number of nitro benzene ring substituents is 1. The van der Waals surface area contributed by atoms with Gasteiger partial charge < -0.3 is 20.7 Å². The molecule has 4 N–H and O–H groups in total. The van der Waals surface area contributed by atoms with Gasteiger partial charge in [-0.05, 0) is 43.8 Å². The summed E-state index contributed by atoms with van der Waals surface area (Å²) in [5.41, 5.74) is 6.26. The van der Waals surface area contributed by atoms with Crippen molar-refractivity contribution in [2.24, 2.45) is 11.7 Å². The number of nitrogens with two attached hydrogens (primary N) is 1. The highest BCUT2D eigenvalue weighted by atomic mass is 79.9. The Labute approximate surface area is 155 Å². The van der Waals surface area contributed by atoms with Gasteiger partial charge in [0, 0.05) is 24.1 Å². The summed E-state index contributed by atoms with van der Waals surface area (Å²) in [4.78, 5) is 15.4. The molecule has 10 heteroatoms. The Bertz CT molecular complexity index is 763. The van der Waals surface area contributed by atoms with Gasteiger partial charge in [-0.1, -0.05) is 13.8 Å². The number of hydrogen-bond acceptors (Lipinski definition) is 6. The Kier molecular flexibility index (Phi) is 6.18. The van der Waals surface area contributed by atoms with Crippen LogP contribution in [0.3, 0.4) is 0 Å². The van der Waals surface area contributed by atoms with Crippen molar-refractivity contribution in [2.75, 3.05) is 18.4 Å². The van der Waals surface area contributed by atoms with Gasteiger partial charge in [0.25, 0.3) is 0 Å². The highest BCUT2D eigenvalue weighted by Gasteiger charge is 2.26. The number of aliphatic hydroxyl groups excluding tert-OH is 1. The van der Waals surface area contributed by atoms with E-state index in [0.717, 1.165) is 0 Å². The minimum absolute atomic E-state index is 0.0932. The zero-order valence-corrected chi connectivity index (χ0v) is 16.5. The van der Waals surface area contributed by atoms with Gasteiger partial charge in [-0.3, -0.25) is 10.1 Å². The average molecular weight is 465 g/mol. The average Bonchev–Trinajstić information content (AvgIpc) is 2.82. The third-order valence-corrected chi connectivity index (χ3v) is 5.37. The van der Waals surface area contributed by atoms with Crippen molar-refractivity contribution in [3.8, 4) is 0 Å². The number of fused-ring (bicyclic) bond motifs is 1. The van der Waals surface area contributed by atoms with Crippen molar-refractivity contribution in [3.63, 3.8) is 0 Å². The number of halogens is 2. The van der Waals surface area contributed by atoms with Crippen LogP contribution in [-0.2, 0) is 6.54 Å². The quantitative estimate of drug-likeness (QED) is 0.428. The van der Waals surface area contributed by atoms with Crippen LogP contribution in [-0.4, -0.2) is 38.8 Å². The smallest absolute Gasteiger partial charge is 0.312 e. The molecule has 1 aromatic heterocycles. The standard InChI is InChI=1S/C14H19Br2N5O3/c1-7(2)6-20-10-3-9(15)11(16)13(21(23)24)12(10)19-14(20)18-5-8(22)4-17/h3,7-8,22H,4-6,17H2,1-2H3,(H,18,19). The van der Waals surface area contributed by atoms with E-state index in [9.17, 15) is 15.2 Å². The number of anilines is 1. The Morgan fingerprint density at radius 3 is 2.71 bits per heavy atom. The van der Waals surface area contributed by atoms with Crippen LogP contribution in [0.2, 0.25) is 0 Å². The van der Waals surface area contributed by atoms with E-state index in [-0.39, 0.29) is 18.8 Å². The fourth-order valence-corrected chi connectivity index (χ4v) is 3.18. The molecular formula is C14H19Br2N5O3. The molecule has 0 aliphatic rings. The molecule has 0 spiro atoms. The van der Waals surface area contributed by atoms with E-state index in [1.165, 1.54) is 0 Å². The van der Waals surface area contributed by atoms with E-state index in [1.54, 1.807) is 6.07 Å². The second kappa shape index (κ2) is 7.77. The molecule has 8 nitrogen and oxygen atoms in total. The van der Waals surface area contributed by atoms with Gasteiger partial charge in [0.2, 0.25) is 5.95 Å². The Hall–Kier alpha value is -1.23. The van der Waals surface area contributed by atoms with Gasteiger partial charge in [0.05, 0.1) is 16.5 Å². The van der Waals surface area contributed by atoms with Gasteiger partial charge in [-0.2, -0.15) is 0 Å². The topological polar surface area (TPSA) is 119 Å². The van der Waals surface area contributed by atoms with Crippen LogP contribution < -0.4 is 11.1 Å².